The molecule has 0 saturated carbocycles. The van der Waals surface area contributed by atoms with Gasteiger partial charge in [-0.2, -0.15) is 0 Å². The van der Waals surface area contributed by atoms with E-state index in [-0.39, 0.29) is 5.82 Å². The highest BCUT2D eigenvalue weighted by atomic mass is 19.1. The number of aryl methyl sites for hydroxylation is 1. The van der Waals surface area contributed by atoms with Gasteiger partial charge in [0.25, 0.3) is 0 Å². The first kappa shape index (κ1) is 10.0. The highest BCUT2D eigenvalue weighted by Crippen LogP contribution is 2.13. The van der Waals surface area contributed by atoms with E-state index in [1.54, 1.807) is 0 Å². The molecule has 0 bridgehead atoms. The van der Waals surface area contributed by atoms with Crippen LogP contribution in [0.25, 0.3) is 0 Å². The Labute approximate surface area is 79.0 Å². The van der Waals surface area contributed by atoms with Crippen LogP contribution in [0.2, 0.25) is 0 Å². The number of rotatable bonds is 3. The van der Waals surface area contributed by atoms with Gasteiger partial charge in [0.1, 0.15) is 5.82 Å². The zero-order chi connectivity index (χ0) is 9.84. The van der Waals surface area contributed by atoms with Crippen LogP contribution in [0.15, 0.2) is 18.2 Å². The topological polar surface area (TPSA) is 12.0 Å². The largest absolute Gasteiger partial charge is 0.385 e. The molecule has 13 heavy (non-hydrogen) atoms. The van der Waals surface area contributed by atoms with Crippen molar-refractivity contribution >= 4 is 5.69 Å². The second kappa shape index (κ2) is 4.26. The van der Waals surface area contributed by atoms with E-state index < -0.39 is 0 Å². The van der Waals surface area contributed by atoms with Gasteiger partial charge in [0.15, 0.2) is 0 Å². The Hall–Kier alpha value is -1.05. The van der Waals surface area contributed by atoms with Crippen LogP contribution in [0.3, 0.4) is 0 Å². The summed E-state index contributed by atoms with van der Waals surface area (Å²) in [5, 5.41) is 3.19. The van der Waals surface area contributed by atoms with E-state index in [4.69, 9.17) is 0 Å². The summed E-state index contributed by atoms with van der Waals surface area (Å²) in [6.07, 6.45) is 0. The smallest absolute Gasteiger partial charge is 0.125 e. The summed E-state index contributed by atoms with van der Waals surface area (Å²) in [6.45, 7) is 7.02. The molecule has 0 saturated heterocycles. The van der Waals surface area contributed by atoms with Crippen molar-refractivity contribution in [2.75, 3.05) is 11.9 Å². The molecule has 0 fully saturated rings. The van der Waals surface area contributed by atoms with Crippen molar-refractivity contribution in [3.63, 3.8) is 0 Å². The van der Waals surface area contributed by atoms with Crippen LogP contribution in [0.5, 0.6) is 0 Å². The van der Waals surface area contributed by atoms with Crippen molar-refractivity contribution < 1.29 is 4.39 Å². The maximum Gasteiger partial charge on any atom is 0.125 e. The zero-order valence-electron chi connectivity index (χ0n) is 8.39. The molecule has 1 aromatic carbocycles. The fourth-order valence-electron chi connectivity index (χ4n) is 1.16. The normalized spacial score (nSPS) is 10.5. The molecule has 0 aliphatic heterocycles. The fraction of sp³-hybridized carbons (Fsp3) is 0.455. The number of hydrogen-bond acceptors (Lipinski definition) is 1. The molecule has 0 aromatic heterocycles. The molecule has 1 nitrogen and oxygen atoms in total. The molecular weight excluding hydrogens is 165 g/mol. The Morgan fingerprint density at radius 2 is 2.00 bits per heavy atom. The third-order valence-electron chi connectivity index (χ3n) is 1.76. The van der Waals surface area contributed by atoms with Crippen molar-refractivity contribution in [2.24, 2.45) is 5.92 Å². The Kier molecular flexibility index (Phi) is 3.29. The summed E-state index contributed by atoms with van der Waals surface area (Å²) < 4.78 is 12.9. The van der Waals surface area contributed by atoms with E-state index in [0.29, 0.717) is 5.92 Å². The Balaban J connectivity index is 2.66. The molecule has 0 spiro atoms. The van der Waals surface area contributed by atoms with Gasteiger partial charge in [-0.15, -0.1) is 0 Å². The van der Waals surface area contributed by atoms with Crippen molar-refractivity contribution in [1.29, 1.82) is 0 Å². The molecule has 1 N–H and O–H groups in total. The molecular formula is C11H16FN. The van der Waals surface area contributed by atoms with Gasteiger partial charge in [-0.1, -0.05) is 13.8 Å². The van der Waals surface area contributed by atoms with E-state index in [9.17, 15) is 4.39 Å². The van der Waals surface area contributed by atoms with Crippen molar-refractivity contribution in [3.05, 3.63) is 29.6 Å². The lowest BCUT2D eigenvalue weighted by Gasteiger charge is -2.09. The number of anilines is 1. The minimum Gasteiger partial charge on any atom is -0.385 e. The zero-order valence-corrected chi connectivity index (χ0v) is 8.39. The summed E-state index contributed by atoms with van der Waals surface area (Å²) in [6, 6.07) is 5.00. The van der Waals surface area contributed by atoms with Crippen LogP contribution in [-0.4, -0.2) is 6.54 Å². The van der Waals surface area contributed by atoms with Gasteiger partial charge in [-0.05, 0) is 36.6 Å². The van der Waals surface area contributed by atoms with E-state index in [2.05, 4.69) is 19.2 Å². The average Bonchev–Trinajstić information content (AvgIpc) is 1.99. The van der Waals surface area contributed by atoms with Crippen LogP contribution in [0.1, 0.15) is 19.4 Å². The molecule has 0 heterocycles. The number of nitrogens with one attached hydrogen (secondary N) is 1. The monoisotopic (exact) mass is 181 g/mol. The van der Waals surface area contributed by atoms with Crippen molar-refractivity contribution in [2.45, 2.75) is 20.8 Å². The molecule has 0 unspecified atom stereocenters. The van der Waals surface area contributed by atoms with Gasteiger partial charge in [0.2, 0.25) is 0 Å². The van der Waals surface area contributed by atoms with Gasteiger partial charge in [0.05, 0.1) is 0 Å². The van der Waals surface area contributed by atoms with E-state index in [0.717, 1.165) is 17.8 Å². The molecule has 0 aliphatic rings. The summed E-state index contributed by atoms with van der Waals surface area (Å²) in [7, 11) is 0. The predicted octanol–water partition coefficient (Wildman–Crippen LogP) is 3.20. The van der Waals surface area contributed by atoms with E-state index in [1.165, 1.54) is 12.1 Å². The Bertz CT molecular complexity index is 261. The highest BCUT2D eigenvalue weighted by molar-refractivity contribution is 5.45. The van der Waals surface area contributed by atoms with Crippen molar-refractivity contribution in [3.8, 4) is 0 Å². The van der Waals surface area contributed by atoms with Gasteiger partial charge in [-0.3, -0.25) is 0 Å². The number of halogens is 1. The summed E-state index contributed by atoms with van der Waals surface area (Å²) >= 11 is 0. The molecule has 1 aromatic rings. The van der Waals surface area contributed by atoms with Crippen molar-refractivity contribution in [1.82, 2.24) is 0 Å². The van der Waals surface area contributed by atoms with E-state index >= 15 is 0 Å². The second-order valence-electron chi connectivity index (χ2n) is 3.79. The minimum absolute atomic E-state index is 0.175. The molecule has 72 valence electrons. The van der Waals surface area contributed by atoms with Crippen LogP contribution in [0, 0.1) is 18.7 Å². The first-order valence-corrected chi connectivity index (χ1v) is 4.59. The molecule has 0 radical (unpaired) electrons. The van der Waals surface area contributed by atoms with Crippen LogP contribution in [0.4, 0.5) is 10.1 Å². The Morgan fingerprint density at radius 1 is 1.31 bits per heavy atom. The lowest BCUT2D eigenvalue weighted by molar-refractivity contribution is 0.626. The maximum absolute atomic E-state index is 12.9. The second-order valence-corrected chi connectivity index (χ2v) is 3.79. The maximum atomic E-state index is 12.9. The van der Waals surface area contributed by atoms with Crippen LogP contribution < -0.4 is 5.32 Å². The van der Waals surface area contributed by atoms with Gasteiger partial charge < -0.3 is 5.32 Å². The predicted molar refractivity (Wildman–Crippen MR) is 54.5 cm³/mol. The summed E-state index contributed by atoms with van der Waals surface area (Å²) in [4.78, 5) is 0. The quantitative estimate of drug-likeness (QED) is 0.755. The standard InChI is InChI=1S/C11H16FN/c1-8(2)7-13-11-5-9(3)4-10(12)6-11/h4-6,8,13H,7H2,1-3H3. The van der Waals surface area contributed by atoms with E-state index in [1.807, 2.05) is 13.0 Å². The lowest BCUT2D eigenvalue weighted by Crippen LogP contribution is -2.08. The fourth-order valence-corrected chi connectivity index (χ4v) is 1.16. The summed E-state index contributed by atoms with van der Waals surface area (Å²) in [5.41, 5.74) is 1.82. The molecule has 1 rings (SSSR count). The number of hydrogen-bond donors (Lipinski definition) is 1. The summed E-state index contributed by atoms with van der Waals surface area (Å²) in [5.74, 6) is 0.398. The van der Waals surface area contributed by atoms with Gasteiger partial charge in [-0.25, -0.2) is 4.39 Å². The van der Waals surface area contributed by atoms with Crippen LogP contribution in [-0.2, 0) is 0 Å². The molecule has 2 heteroatoms. The van der Waals surface area contributed by atoms with Gasteiger partial charge >= 0.3 is 0 Å². The van der Waals surface area contributed by atoms with Gasteiger partial charge in [0, 0.05) is 12.2 Å². The first-order valence-electron chi connectivity index (χ1n) is 4.59. The molecule has 0 atom stereocenters. The molecule has 0 amide bonds. The molecule has 0 aliphatic carbocycles. The minimum atomic E-state index is -0.175. The Morgan fingerprint density at radius 3 is 2.54 bits per heavy atom. The lowest BCUT2D eigenvalue weighted by atomic mass is 10.2. The first-order chi connectivity index (χ1) is 6.08. The SMILES string of the molecule is Cc1cc(F)cc(NCC(C)C)c1. The third kappa shape index (κ3) is 3.45. The average molecular weight is 181 g/mol. The third-order valence-corrected chi connectivity index (χ3v) is 1.76. The van der Waals surface area contributed by atoms with Crippen LogP contribution >= 0.6 is 0 Å². The number of benzene rings is 1. The highest BCUT2D eigenvalue weighted by Gasteiger charge is 1.98.